The number of para-hydroxylation sites is 1. The van der Waals surface area contributed by atoms with Crippen LogP contribution in [0.5, 0.6) is 5.75 Å². The first-order valence-corrected chi connectivity index (χ1v) is 11.3. The van der Waals surface area contributed by atoms with E-state index in [2.05, 4.69) is 17.6 Å². The van der Waals surface area contributed by atoms with Gasteiger partial charge in [-0.2, -0.15) is 0 Å². The van der Waals surface area contributed by atoms with Crippen molar-refractivity contribution in [2.24, 2.45) is 23.2 Å². The van der Waals surface area contributed by atoms with Gasteiger partial charge in [0.2, 0.25) is 5.91 Å². The number of fused-ring (bicyclic) bond motifs is 3. The molecule has 1 spiro atoms. The first-order chi connectivity index (χ1) is 14.7. The van der Waals surface area contributed by atoms with Gasteiger partial charge in [-0.1, -0.05) is 32.9 Å². The molecule has 31 heavy (non-hydrogen) atoms. The van der Waals surface area contributed by atoms with E-state index in [1.165, 1.54) is 0 Å². The Morgan fingerprint density at radius 3 is 2.74 bits per heavy atom. The summed E-state index contributed by atoms with van der Waals surface area (Å²) < 4.78 is 11.6. The molecule has 7 heteroatoms. The van der Waals surface area contributed by atoms with Crippen molar-refractivity contribution < 1.29 is 23.9 Å². The number of rotatable bonds is 5. The van der Waals surface area contributed by atoms with Gasteiger partial charge >= 0.3 is 5.97 Å². The van der Waals surface area contributed by atoms with E-state index < -0.39 is 17.7 Å². The molecule has 3 aliphatic carbocycles. The molecule has 0 unspecified atom stereocenters. The van der Waals surface area contributed by atoms with Crippen LogP contribution < -0.4 is 15.4 Å². The molecule has 1 aromatic rings. The molecule has 0 aromatic heterocycles. The first kappa shape index (κ1) is 21.7. The summed E-state index contributed by atoms with van der Waals surface area (Å²) in [6.07, 6.45) is 2.94. The van der Waals surface area contributed by atoms with E-state index in [9.17, 15) is 14.4 Å². The van der Waals surface area contributed by atoms with Gasteiger partial charge < -0.3 is 20.1 Å². The van der Waals surface area contributed by atoms with Crippen LogP contribution in [0.25, 0.3) is 0 Å². The number of ether oxygens (including phenoxy) is 2. The quantitative estimate of drug-likeness (QED) is 0.703. The Hall–Kier alpha value is -2.57. The van der Waals surface area contributed by atoms with Crippen molar-refractivity contribution in [2.45, 2.75) is 65.1 Å². The number of benzene rings is 1. The molecule has 2 N–H and O–H groups in total. The summed E-state index contributed by atoms with van der Waals surface area (Å²) in [4.78, 5) is 38.4. The van der Waals surface area contributed by atoms with Gasteiger partial charge in [0.15, 0.2) is 5.72 Å². The van der Waals surface area contributed by atoms with Gasteiger partial charge in [0.1, 0.15) is 11.8 Å². The smallest absolute Gasteiger partial charge is 0.328 e. The maximum Gasteiger partial charge on any atom is 0.328 e. The van der Waals surface area contributed by atoms with Gasteiger partial charge in [0, 0.05) is 18.3 Å². The molecule has 0 radical (unpaired) electrons. The van der Waals surface area contributed by atoms with Crippen molar-refractivity contribution in [1.82, 2.24) is 10.6 Å². The highest BCUT2D eigenvalue weighted by molar-refractivity contribution is 5.98. The Kier molecular flexibility index (Phi) is 5.48. The van der Waals surface area contributed by atoms with Crippen molar-refractivity contribution in [1.29, 1.82) is 0 Å². The molecule has 3 saturated carbocycles. The van der Waals surface area contributed by atoms with E-state index in [-0.39, 0.29) is 41.6 Å². The summed E-state index contributed by atoms with van der Waals surface area (Å²) in [6, 6.07) is 6.62. The van der Waals surface area contributed by atoms with Crippen molar-refractivity contribution >= 4 is 17.8 Å². The molecule has 2 amide bonds. The van der Waals surface area contributed by atoms with E-state index in [4.69, 9.17) is 9.47 Å². The Bertz CT molecular complexity index is 900. The lowest BCUT2D eigenvalue weighted by atomic mass is 9.52. The molecule has 7 nitrogen and oxygen atoms in total. The van der Waals surface area contributed by atoms with Crippen LogP contribution >= 0.6 is 0 Å². The maximum atomic E-state index is 13.3. The topological polar surface area (TPSA) is 93.7 Å². The van der Waals surface area contributed by atoms with Crippen LogP contribution in [0, 0.1) is 23.2 Å². The minimum Gasteiger partial charge on any atom is -0.467 e. The number of hydrogen-bond donors (Lipinski definition) is 2. The van der Waals surface area contributed by atoms with Gasteiger partial charge in [-0.25, -0.2) is 4.79 Å². The van der Waals surface area contributed by atoms with E-state index in [1.54, 1.807) is 13.0 Å². The highest BCUT2D eigenvalue weighted by atomic mass is 16.5. The van der Waals surface area contributed by atoms with Crippen LogP contribution in [0.15, 0.2) is 24.3 Å². The van der Waals surface area contributed by atoms with E-state index >= 15 is 0 Å². The number of amides is 2. The molecule has 168 valence electrons. The minimum atomic E-state index is -0.784. The lowest BCUT2D eigenvalue weighted by Crippen LogP contribution is -2.69. The number of esters is 1. The molecule has 5 atom stereocenters. The van der Waals surface area contributed by atoms with E-state index in [0.29, 0.717) is 24.2 Å². The van der Waals surface area contributed by atoms with Crippen LogP contribution in [0.4, 0.5) is 0 Å². The zero-order chi connectivity index (χ0) is 22.4. The Labute approximate surface area is 183 Å². The summed E-state index contributed by atoms with van der Waals surface area (Å²) in [5.41, 5.74) is -0.578. The van der Waals surface area contributed by atoms with Crippen LogP contribution in [0.1, 0.15) is 63.7 Å². The Balaban J connectivity index is 1.54. The summed E-state index contributed by atoms with van der Waals surface area (Å²) in [6.45, 7) is 7.93. The third kappa shape index (κ3) is 3.68. The van der Waals surface area contributed by atoms with Crippen LogP contribution in [0.3, 0.4) is 0 Å². The number of carbonyl (C=O) groups is 3. The summed E-state index contributed by atoms with van der Waals surface area (Å²) in [5, 5.41) is 6.09. The fraction of sp³-hybridized carbons (Fsp3) is 0.625. The summed E-state index contributed by atoms with van der Waals surface area (Å²) in [7, 11) is 0. The van der Waals surface area contributed by atoms with Crippen LogP contribution in [-0.2, 0) is 14.3 Å². The molecular weight excluding hydrogens is 396 g/mol. The zero-order valence-corrected chi connectivity index (χ0v) is 18.7. The average molecular weight is 429 g/mol. The second kappa shape index (κ2) is 7.84. The van der Waals surface area contributed by atoms with Gasteiger partial charge in [-0.3, -0.25) is 9.59 Å². The zero-order valence-electron chi connectivity index (χ0n) is 18.7. The van der Waals surface area contributed by atoms with Gasteiger partial charge in [-0.15, -0.1) is 0 Å². The number of hydrogen-bond acceptors (Lipinski definition) is 5. The minimum absolute atomic E-state index is 0.0301. The van der Waals surface area contributed by atoms with Crippen LogP contribution in [0.2, 0.25) is 0 Å². The number of carbonyl (C=O) groups excluding carboxylic acids is 3. The molecule has 2 bridgehead atoms. The van der Waals surface area contributed by atoms with Gasteiger partial charge in [-0.05, 0) is 49.7 Å². The van der Waals surface area contributed by atoms with E-state index in [1.807, 2.05) is 32.0 Å². The maximum absolute atomic E-state index is 13.3. The van der Waals surface area contributed by atoms with E-state index in [0.717, 1.165) is 12.8 Å². The lowest BCUT2D eigenvalue weighted by Gasteiger charge is -2.59. The molecule has 1 aromatic carbocycles. The fourth-order valence-corrected chi connectivity index (χ4v) is 5.64. The molecule has 0 saturated heterocycles. The largest absolute Gasteiger partial charge is 0.467 e. The second-order valence-electron chi connectivity index (χ2n) is 9.78. The highest BCUT2D eigenvalue weighted by Gasteiger charge is 2.62. The average Bonchev–Trinajstić information content (AvgIpc) is 2.71. The first-order valence-electron chi connectivity index (χ1n) is 11.3. The standard InChI is InChI=1S/C24H32N2O5/c1-5-30-22(29)19(14(2)3)25-21(28)17-12-15-10-11-23(17,4)13-24(15)26-20(27)16-8-6-7-9-18(16)31-24/h6-9,14-15,17,19H,5,10-13H2,1-4H3,(H,25,28)(H,26,27)/t15-,17-,19-,23+,24+/m1/s1. The third-order valence-electron chi connectivity index (χ3n) is 7.32. The molecule has 3 fully saturated rings. The highest BCUT2D eigenvalue weighted by Crippen LogP contribution is 2.58. The van der Waals surface area contributed by atoms with Crippen molar-refractivity contribution in [2.75, 3.05) is 6.61 Å². The normalized spacial score (nSPS) is 32.1. The predicted molar refractivity (Wildman–Crippen MR) is 114 cm³/mol. The van der Waals surface area contributed by atoms with Gasteiger partial charge in [0.05, 0.1) is 12.2 Å². The van der Waals surface area contributed by atoms with Crippen LogP contribution in [-0.4, -0.2) is 36.2 Å². The monoisotopic (exact) mass is 428 g/mol. The molecular formula is C24H32N2O5. The molecule has 1 aliphatic heterocycles. The molecule has 4 aliphatic rings. The van der Waals surface area contributed by atoms with Crippen molar-refractivity contribution in [3.8, 4) is 5.75 Å². The third-order valence-corrected chi connectivity index (χ3v) is 7.32. The molecule has 5 rings (SSSR count). The second-order valence-corrected chi connectivity index (χ2v) is 9.78. The lowest BCUT2D eigenvalue weighted by molar-refractivity contribution is -0.169. The molecule has 1 heterocycles. The predicted octanol–water partition coefficient (Wildman–Crippen LogP) is 3.04. The summed E-state index contributed by atoms with van der Waals surface area (Å²) >= 11 is 0. The van der Waals surface area contributed by atoms with Crippen molar-refractivity contribution in [3.63, 3.8) is 0 Å². The van der Waals surface area contributed by atoms with Crippen molar-refractivity contribution in [3.05, 3.63) is 29.8 Å². The SMILES string of the molecule is CCOC(=O)[C@H](NC(=O)[C@H]1C[C@H]2CC[C@@]1(C)C[C@@]21NC(=O)c2ccccc2O1)C(C)C. The Morgan fingerprint density at radius 1 is 1.32 bits per heavy atom. The fourth-order valence-electron chi connectivity index (χ4n) is 5.64. The summed E-state index contributed by atoms with van der Waals surface area (Å²) in [5.74, 6) is -0.316. The van der Waals surface area contributed by atoms with Gasteiger partial charge in [0.25, 0.3) is 5.91 Å². The number of nitrogens with one attached hydrogen (secondary N) is 2. The Morgan fingerprint density at radius 2 is 2.06 bits per heavy atom.